The molecule has 5 nitrogen and oxygen atoms in total. The first-order chi connectivity index (χ1) is 12.6. The monoisotopic (exact) mass is 370 g/mol. The Kier molecular flexibility index (Phi) is 5.68. The fraction of sp³-hybridized carbons (Fsp3) is 0.211. The van der Waals surface area contributed by atoms with E-state index in [2.05, 4.69) is 22.4 Å². The first-order valence-corrected chi connectivity index (χ1v) is 9.23. The summed E-state index contributed by atoms with van der Waals surface area (Å²) in [5.41, 5.74) is 2.37. The van der Waals surface area contributed by atoms with Crippen molar-refractivity contribution in [3.63, 3.8) is 0 Å². The second-order valence-electron chi connectivity index (χ2n) is 5.73. The van der Waals surface area contributed by atoms with E-state index < -0.39 is 0 Å². The molecule has 3 rings (SSSR count). The fourth-order valence-corrected chi connectivity index (χ4v) is 3.18. The Morgan fingerprint density at radius 3 is 2.58 bits per heavy atom. The highest BCUT2D eigenvalue weighted by molar-refractivity contribution is 7.99. The first kappa shape index (κ1) is 18.1. The maximum atomic E-state index is 13.9. The van der Waals surface area contributed by atoms with Crippen LogP contribution in [0.5, 0.6) is 0 Å². The normalized spacial score (nSPS) is 10.7. The molecule has 0 atom stereocenters. The van der Waals surface area contributed by atoms with Crippen molar-refractivity contribution >= 4 is 23.4 Å². The first-order valence-electron chi connectivity index (χ1n) is 8.24. The van der Waals surface area contributed by atoms with Crippen molar-refractivity contribution in [2.45, 2.75) is 18.5 Å². The highest BCUT2D eigenvalue weighted by atomic mass is 32.2. The Morgan fingerprint density at radius 1 is 1.15 bits per heavy atom. The third-order valence-corrected chi connectivity index (χ3v) is 4.95. The minimum Gasteiger partial charge on any atom is -0.325 e. The van der Waals surface area contributed by atoms with Crippen LogP contribution >= 0.6 is 11.8 Å². The van der Waals surface area contributed by atoms with Gasteiger partial charge in [-0.25, -0.2) is 4.39 Å². The number of hydrogen-bond acceptors (Lipinski definition) is 4. The summed E-state index contributed by atoms with van der Waals surface area (Å²) in [6.07, 6.45) is 0.959. The van der Waals surface area contributed by atoms with E-state index in [1.165, 1.54) is 23.4 Å². The Bertz CT molecular complexity index is 908. The SMILES string of the molecule is CCc1ccc(NC(=O)CSc2nnc(-c3ccccc3F)n2C)cc1. The Balaban J connectivity index is 1.63. The number of benzene rings is 2. The molecule has 26 heavy (non-hydrogen) atoms. The van der Waals surface area contributed by atoms with Crippen LogP contribution in [0.3, 0.4) is 0 Å². The number of anilines is 1. The van der Waals surface area contributed by atoms with Crippen LogP contribution in [-0.2, 0) is 18.3 Å². The van der Waals surface area contributed by atoms with Crippen molar-refractivity contribution in [2.75, 3.05) is 11.1 Å². The molecule has 0 aliphatic carbocycles. The molecule has 7 heteroatoms. The van der Waals surface area contributed by atoms with Gasteiger partial charge in [0.1, 0.15) is 5.82 Å². The van der Waals surface area contributed by atoms with Gasteiger partial charge in [-0.1, -0.05) is 43.0 Å². The number of carbonyl (C=O) groups is 1. The maximum absolute atomic E-state index is 13.9. The third-order valence-electron chi connectivity index (χ3n) is 3.93. The van der Waals surface area contributed by atoms with Crippen molar-refractivity contribution in [1.82, 2.24) is 14.8 Å². The van der Waals surface area contributed by atoms with Gasteiger partial charge in [-0.3, -0.25) is 4.79 Å². The van der Waals surface area contributed by atoms with Crippen LogP contribution in [0.15, 0.2) is 53.7 Å². The number of aryl methyl sites for hydroxylation is 1. The standard InChI is InChI=1S/C19H19FN4OS/c1-3-13-8-10-14(11-9-13)21-17(25)12-26-19-23-22-18(24(19)2)15-6-4-5-7-16(15)20/h4-11H,3,12H2,1-2H3,(H,21,25). The Hall–Kier alpha value is -2.67. The van der Waals surface area contributed by atoms with Gasteiger partial charge in [-0.2, -0.15) is 0 Å². The molecular formula is C19H19FN4OS. The lowest BCUT2D eigenvalue weighted by molar-refractivity contribution is -0.113. The van der Waals surface area contributed by atoms with Crippen molar-refractivity contribution in [3.05, 3.63) is 59.9 Å². The molecule has 2 aromatic carbocycles. The van der Waals surface area contributed by atoms with E-state index in [9.17, 15) is 9.18 Å². The minimum atomic E-state index is -0.354. The lowest BCUT2D eigenvalue weighted by Crippen LogP contribution is -2.14. The average molecular weight is 370 g/mol. The lowest BCUT2D eigenvalue weighted by atomic mass is 10.1. The zero-order chi connectivity index (χ0) is 18.5. The number of amides is 1. The third kappa shape index (κ3) is 4.11. The second kappa shape index (κ2) is 8.14. The second-order valence-corrected chi connectivity index (χ2v) is 6.67. The molecule has 0 fully saturated rings. The lowest BCUT2D eigenvalue weighted by Gasteiger charge is -2.06. The summed E-state index contributed by atoms with van der Waals surface area (Å²) in [7, 11) is 1.76. The van der Waals surface area contributed by atoms with Crippen LogP contribution in [0.25, 0.3) is 11.4 Å². The van der Waals surface area contributed by atoms with Crippen LogP contribution in [0, 0.1) is 5.82 Å². The number of thioether (sulfide) groups is 1. The highest BCUT2D eigenvalue weighted by Crippen LogP contribution is 2.24. The summed E-state index contributed by atoms with van der Waals surface area (Å²) in [6, 6.07) is 14.2. The van der Waals surface area contributed by atoms with Gasteiger partial charge in [0.05, 0.1) is 11.3 Å². The van der Waals surface area contributed by atoms with E-state index in [-0.39, 0.29) is 17.5 Å². The Morgan fingerprint density at radius 2 is 1.88 bits per heavy atom. The number of nitrogens with one attached hydrogen (secondary N) is 1. The number of carbonyl (C=O) groups excluding carboxylic acids is 1. The quantitative estimate of drug-likeness (QED) is 0.668. The van der Waals surface area contributed by atoms with Crippen molar-refractivity contribution in [2.24, 2.45) is 7.05 Å². The number of nitrogens with zero attached hydrogens (tertiary/aromatic N) is 3. The molecule has 1 amide bonds. The van der Waals surface area contributed by atoms with Crippen LogP contribution in [-0.4, -0.2) is 26.4 Å². The van der Waals surface area contributed by atoms with E-state index in [0.717, 1.165) is 12.1 Å². The van der Waals surface area contributed by atoms with Gasteiger partial charge in [0.25, 0.3) is 0 Å². The summed E-state index contributed by atoms with van der Waals surface area (Å²) < 4.78 is 15.6. The Labute approximate surface area is 155 Å². The number of halogens is 1. The van der Waals surface area contributed by atoms with Crippen LogP contribution in [0.2, 0.25) is 0 Å². The van der Waals surface area contributed by atoms with Crippen LogP contribution in [0.4, 0.5) is 10.1 Å². The number of hydrogen-bond donors (Lipinski definition) is 1. The number of rotatable bonds is 6. The molecule has 0 aliphatic heterocycles. The predicted molar refractivity (Wildman–Crippen MR) is 102 cm³/mol. The molecule has 0 aliphatic rings. The van der Waals surface area contributed by atoms with Crippen molar-refractivity contribution in [3.8, 4) is 11.4 Å². The topological polar surface area (TPSA) is 59.8 Å². The summed E-state index contributed by atoms with van der Waals surface area (Å²) in [6.45, 7) is 2.08. The van der Waals surface area contributed by atoms with Gasteiger partial charge in [-0.15, -0.1) is 10.2 Å². The van der Waals surface area contributed by atoms with Gasteiger partial charge >= 0.3 is 0 Å². The van der Waals surface area contributed by atoms with Gasteiger partial charge in [0, 0.05) is 12.7 Å². The maximum Gasteiger partial charge on any atom is 0.234 e. The van der Waals surface area contributed by atoms with E-state index in [4.69, 9.17) is 0 Å². The summed E-state index contributed by atoms with van der Waals surface area (Å²) >= 11 is 1.26. The summed E-state index contributed by atoms with van der Waals surface area (Å²) in [4.78, 5) is 12.1. The van der Waals surface area contributed by atoms with E-state index in [1.54, 1.807) is 29.8 Å². The molecule has 0 saturated heterocycles. The molecule has 1 N–H and O–H groups in total. The molecule has 1 heterocycles. The van der Waals surface area contributed by atoms with E-state index >= 15 is 0 Å². The molecule has 0 saturated carbocycles. The largest absolute Gasteiger partial charge is 0.325 e. The van der Waals surface area contributed by atoms with Crippen LogP contribution in [0.1, 0.15) is 12.5 Å². The molecule has 134 valence electrons. The summed E-state index contributed by atoms with van der Waals surface area (Å²) in [5.74, 6) is 0.141. The van der Waals surface area contributed by atoms with E-state index in [1.807, 2.05) is 24.3 Å². The number of aromatic nitrogens is 3. The van der Waals surface area contributed by atoms with Gasteiger partial charge in [0.2, 0.25) is 5.91 Å². The molecule has 0 spiro atoms. The van der Waals surface area contributed by atoms with Gasteiger partial charge in [0.15, 0.2) is 11.0 Å². The van der Waals surface area contributed by atoms with E-state index in [0.29, 0.717) is 16.5 Å². The molecule has 0 bridgehead atoms. The predicted octanol–water partition coefficient (Wildman–Crippen LogP) is 3.91. The highest BCUT2D eigenvalue weighted by Gasteiger charge is 2.15. The zero-order valence-electron chi connectivity index (χ0n) is 14.6. The fourth-order valence-electron chi connectivity index (χ4n) is 2.47. The van der Waals surface area contributed by atoms with Gasteiger partial charge < -0.3 is 9.88 Å². The molecular weight excluding hydrogens is 351 g/mol. The van der Waals surface area contributed by atoms with Crippen LogP contribution < -0.4 is 5.32 Å². The smallest absolute Gasteiger partial charge is 0.234 e. The van der Waals surface area contributed by atoms with Crippen molar-refractivity contribution < 1.29 is 9.18 Å². The van der Waals surface area contributed by atoms with Gasteiger partial charge in [-0.05, 0) is 36.2 Å². The van der Waals surface area contributed by atoms with Crippen molar-refractivity contribution in [1.29, 1.82) is 0 Å². The molecule has 1 aromatic heterocycles. The zero-order valence-corrected chi connectivity index (χ0v) is 15.4. The average Bonchev–Trinajstić information content (AvgIpc) is 3.01. The molecule has 0 unspecified atom stereocenters. The summed E-state index contributed by atoms with van der Waals surface area (Å²) in [5, 5.41) is 11.5. The molecule has 3 aromatic rings. The minimum absolute atomic E-state index is 0.130. The molecule has 0 radical (unpaired) electrons.